The van der Waals surface area contributed by atoms with Crippen molar-refractivity contribution in [2.45, 2.75) is 20.1 Å². The van der Waals surface area contributed by atoms with Crippen LogP contribution in [0.1, 0.15) is 26.0 Å². The molecule has 8 nitrogen and oxygen atoms in total. The van der Waals surface area contributed by atoms with Gasteiger partial charge in [-0.2, -0.15) is 4.98 Å². The zero-order valence-electron chi connectivity index (χ0n) is 11.7. The summed E-state index contributed by atoms with van der Waals surface area (Å²) in [5, 5.41) is 14.4. The van der Waals surface area contributed by atoms with Crippen LogP contribution < -0.4 is 0 Å². The third-order valence-electron chi connectivity index (χ3n) is 2.62. The summed E-state index contributed by atoms with van der Waals surface area (Å²) in [6.45, 7) is 4.55. The van der Waals surface area contributed by atoms with E-state index in [1.807, 2.05) is 13.8 Å². The van der Waals surface area contributed by atoms with Crippen molar-refractivity contribution in [2.75, 3.05) is 13.2 Å². The molecule has 0 bridgehead atoms. The summed E-state index contributed by atoms with van der Waals surface area (Å²) in [4.78, 5) is 14.3. The molecule has 1 aromatic carbocycles. The minimum Gasteiger partial charge on any atom is -0.345 e. The van der Waals surface area contributed by atoms with Gasteiger partial charge in [0.2, 0.25) is 12.1 Å². The number of nitrogens with zero attached hydrogens (tertiary/aromatic N) is 3. The van der Waals surface area contributed by atoms with Crippen molar-refractivity contribution in [2.24, 2.45) is 0 Å². The quantitative estimate of drug-likeness (QED) is 0.439. The summed E-state index contributed by atoms with van der Waals surface area (Å²) in [7, 11) is 0. The highest BCUT2D eigenvalue weighted by molar-refractivity contribution is 5.56. The Labute approximate surface area is 120 Å². The van der Waals surface area contributed by atoms with Crippen molar-refractivity contribution in [1.82, 2.24) is 10.1 Å². The van der Waals surface area contributed by atoms with Crippen LogP contribution in [0.3, 0.4) is 0 Å². The lowest BCUT2D eigenvalue weighted by Gasteiger charge is -2.11. The van der Waals surface area contributed by atoms with Crippen LogP contribution in [-0.2, 0) is 9.47 Å². The second kappa shape index (κ2) is 6.91. The zero-order valence-corrected chi connectivity index (χ0v) is 11.7. The largest absolute Gasteiger partial charge is 0.345 e. The molecule has 0 aliphatic heterocycles. The van der Waals surface area contributed by atoms with Gasteiger partial charge >= 0.3 is 0 Å². The zero-order chi connectivity index (χ0) is 15.2. The molecule has 0 saturated heterocycles. The molecular weight excluding hydrogens is 278 g/mol. The van der Waals surface area contributed by atoms with Gasteiger partial charge < -0.3 is 14.0 Å². The first kappa shape index (κ1) is 15.1. The lowest BCUT2D eigenvalue weighted by molar-refractivity contribution is -0.384. The van der Waals surface area contributed by atoms with E-state index < -0.39 is 11.2 Å². The molecular formula is C13H15N3O5. The van der Waals surface area contributed by atoms with Crippen molar-refractivity contribution in [1.29, 1.82) is 0 Å². The molecule has 0 unspecified atom stereocenters. The van der Waals surface area contributed by atoms with Gasteiger partial charge in [-0.3, -0.25) is 10.1 Å². The lowest BCUT2D eigenvalue weighted by Crippen LogP contribution is -2.09. The Kier molecular flexibility index (Phi) is 4.96. The maximum absolute atomic E-state index is 10.6. The van der Waals surface area contributed by atoms with Crippen LogP contribution in [0.4, 0.5) is 5.69 Å². The number of hydrogen-bond acceptors (Lipinski definition) is 7. The number of rotatable bonds is 7. The third kappa shape index (κ3) is 3.61. The maximum atomic E-state index is 10.6. The molecule has 1 aromatic heterocycles. The SMILES string of the molecule is CCOC(OCC)c1nc(-c2ccc([N+](=O)[O-])cc2)no1. The van der Waals surface area contributed by atoms with Gasteiger partial charge in [0.05, 0.1) is 4.92 Å². The van der Waals surface area contributed by atoms with Crippen molar-refractivity contribution in [3.05, 3.63) is 40.3 Å². The predicted octanol–water partition coefficient (Wildman–Crippen LogP) is 2.72. The molecule has 21 heavy (non-hydrogen) atoms. The standard InChI is InChI=1S/C13H15N3O5/c1-3-19-13(20-4-2)12-14-11(15-21-12)9-5-7-10(8-6-9)16(17)18/h5-8,13H,3-4H2,1-2H3. The smallest absolute Gasteiger partial charge is 0.283 e. The molecule has 0 atom stereocenters. The highest BCUT2D eigenvalue weighted by Crippen LogP contribution is 2.23. The van der Waals surface area contributed by atoms with E-state index in [-0.39, 0.29) is 11.6 Å². The Bertz CT molecular complexity index is 590. The normalized spacial score (nSPS) is 11.0. The minimum atomic E-state index is -0.709. The summed E-state index contributed by atoms with van der Waals surface area (Å²) in [5.74, 6) is 0.538. The van der Waals surface area contributed by atoms with E-state index in [4.69, 9.17) is 14.0 Å². The second-order valence-electron chi connectivity index (χ2n) is 4.00. The van der Waals surface area contributed by atoms with Gasteiger partial charge in [-0.15, -0.1) is 0 Å². The topological polar surface area (TPSA) is 101 Å². The lowest BCUT2D eigenvalue weighted by atomic mass is 10.2. The summed E-state index contributed by atoms with van der Waals surface area (Å²) < 4.78 is 15.8. The van der Waals surface area contributed by atoms with Gasteiger partial charge in [-0.1, -0.05) is 5.16 Å². The minimum absolute atomic E-state index is 0.00368. The fourth-order valence-electron chi connectivity index (χ4n) is 1.67. The first-order valence-electron chi connectivity index (χ1n) is 6.47. The summed E-state index contributed by atoms with van der Waals surface area (Å²) in [6.07, 6.45) is -0.709. The van der Waals surface area contributed by atoms with E-state index in [9.17, 15) is 10.1 Å². The van der Waals surface area contributed by atoms with E-state index >= 15 is 0 Å². The fraction of sp³-hybridized carbons (Fsp3) is 0.385. The van der Waals surface area contributed by atoms with Crippen LogP contribution in [0.2, 0.25) is 0 Å². The average Bonchev–Trinajstić information content (AvgIpc) is 2.97. The van der Waals surface area contributed by atoms with Gasteiger partial charge in [-0.05, 0) is 26.0 Å². The van der Waals surface area contributed by atoms with E-state index in [2.05, 4.69) is 10.1 Å². The van der Waals surface area contributed by atoms with Crippen LogP contribution in [-0.4, -0.2) is 28.3 Å². The number of hydrogen-bond donors (Lipinski definition) is 0. The number of benzene rings is 1. The Hall–Kier alpha value is -2.32. The molecule has 0 saturated carbocycles. The molecule has 8 heteroatoms. The predicted molar refractivity (Wildman–Crippen MR) is 72.4 cm³/mol. The Morgan fingerprint density at radius 3 is 2.38 bits per heavy atom. The highest BCUT2D eigenvalue weighted by atomic mass is 16.7. The fourth-order valence-corrected chi connectivity index (χ4v) is 1.67. The van der Waals surface area contributed by atoms with Gasteiger partial charge in [0.1, 0.15) is 0 Å². The van der Waals surface area contributed by atoms with Crippen LogP contribution in [0.5, 0.6) is 0 Å². The van der Waals surface area contributed by atoms with E-state index in [1.165, 1.54) is 12.1 Å². The summed E-state index contributed by atoms with van der Waals surface area (Å²) in [5.41, 5.74) is 0.617. The van der Waals surface area contributed by atoms with E-state index in [1.54, 1.807) is 12.1 Å². The molecule has 0 aliphatic carbocycles. The monoisotopic (exact) mass is 293 g/mol. The molecule has 0 fully saturated rings. The molecule has 2 aromatic rings. The van der Waals surface area contributed by atoms with Gasteiger partial charge in [0, 0.05) is 30.9 Å². The average molecular weight is 293 g/mol. The number of ether oxygens (including phenoxy) is 2. The molecule has 0 spiro atoms. The van der Waals surface area contributed by atoms with Gasteiger partial charge in [-0.25, -0.2) is 0 Å². The summed E-state index contributed by atoms with van der Waals surface area (Å²) in [6, 6.07) is 5.88. The van der Waals surface area contributed by atoms with E-state index in [0.717, 1.165) is 0 Å². The van der Waals surface area contributed by atoms with Gasteiger partial charge in [0.25, 0.3) is 11.6 Å². The van der Waals surface area contributed by atoms with Gasteiger partial charge in [0.15, 0.2) is 0 Å². The number of nitro benzene ring substituents is 1. The molecule has 2 rings (SSSR count). The molecule has 112 valence electrons. The number of nitro groups is 1. The van der Waals surface area contributed by atoms with Crippen LogP contribution in [0, 0.1) is 10.1 Å². The number of aromatic nitrogens is 2. The molecule has 0 N–H and O–H groups in total. The van der Waals surface area contributed by atoms with Crippen molar-refractivity contribution in [3.63, 3.8) is 0 Å². The Balaban J connectivity index is 2.20. The molecule has 0 aliphatic rings. The summed E-state index contributed by atoms with van der Waals surface area (Å²) >= 11 is 0. The first-order chi connectivity index (χ1) is 10.2. The third-order valence-corrected chi connectivity index (χ3v) is 2.62. The highest BCUT2D eigenvalue weighted by Gasteiger charge is 2.20. The van der Waals surface area contributed by atoms with Crippen molar-refractivity contribution in [3.8, 4) is 11.4 Å². The molecule has 1 heterocycles. The Morgan fingerprint density at radius 2 is 1.86 bits per heavy atom. The van der Waals surface area contributed by atoms with E-state index in [0.29, 0.717) is 24.6 Å². The second-order valence-corrected chi connectivity index (χ2v) is 4.00. The first-order valence-corrected chi connectivity index (χ1v) is 6.47. The number of non-ortho nitro benzene ring substituents is 1. The molecule has 0 radical (unpaired) electrons. The van der Waals surface area contributed by atoms with Crippen LogP contribution >= 0.6 is 0 Å². The molecule has 0 amide bonds. The van der Waals surface area contributed by atoms with Crippen molar-refractivity contribution < 1.29 is 18.9 Å². The van der Waals surface area contributed by atoms with Crippen molar-refractivity contribution >= 4 is 5.69 Å². The maximum Gasteiger partial charge on any atom is 0.283 e. The van der Waals surface area contributed by atoms with Crippen LogP contribution in [0.15, 0.2) is 28.8 Å². The van der Waals surface area contributed by atoms with Crippen LogP contribution in [0.25, 0.3) is 11.4 Å². The Morgan fingerprint density at radius 1 is 1.24 bits per heavy atom.